The highest BCUT2D eigenvalue weighted by atomic mass is 19.1. The van der Waals surface area contributed by atoms with Crippen molar-refractivity contribution in [3.8, 4) is 0 Å². The average molecular weight is 389 g/mol. The van der Waals surface area contributed by atoms with E-state index in [-0.39, 0.29) is 29.6 Å². The summed E-state index contributed by atoms with van der Waals surface area (Å²) in [4.78, 5) is 26.2. The number of aryl methyl sites for hydroxylation is 1. The van der Waals surface area contributed by atoms with Crippen LogP contribution in [0.4, 0.5) is 13.6 Å². The summed E-state index contributed by atoms with van der Waals surface area (Å²) in [6.45, 7) is 2.79. The largest absolute Gasteiger partial charge is 0.334 e. The molecule has 1 atom stereocenters. The van der Waals surface area contributed by atoms with Gasteiger partial charge >= 0.3 is 6.03 Å². The molecule has 1 unspecified atom stereocenters. The van der Waals surface area contributed by atoms with E-state index >= 15 is 0 Å². The minimum absolute atomic E-state index is 0.0839. The van der Waals surface area contributed by atoms with Gasteiger partial charge in [-0.05, 0) is 37.8 Å². The Bertz CT molecular complexity index is 905. The van der Waals surface area contributed by atoms with Gasteiger partial charge in [-0.25, -0.2) is 13.6 Å². The van der Waals surface area contributed by atoms with Gasteiger partial charge in [-0.3, -0.25) is 4.79 Å². The van der Waals surface area contributed by atoms with Crippen LogP contribution in [0.3, 0.4) is 0 Å². The molecule has 0 aliphatic carbocycles. The molecule has 3 rings (SSSR count). The first-order valence-electron chi connectivity index (χ1n) is 9.45. The van der Waals surface area contributed by atoms with Crippen LogP contribution in [0.15, 0.2) is 41.2 Å². The lowest BCUT2D eigenvalue weighted by atomic mass is 9.88. The number of rotatable bonds is 4. The molecule has 0 radical (unpaired) electrons. The van der Waals surface area contributed by atoms with Crippen molar-refractivity contribution in [1.82, 2.24) is 14.8 Å². The third-order valence-corrected chi connectivity index (χ3v) is 5.51. The summed E-state index contributed by atoms with van der Waals surface area (Å²) in [5.41, 5.74) is 1.31. The summed E-state index contributed by atoms with van der Waals surface area (Å²) in [7, 11) is 1.69. The van der Waals surface area contributed by atoms with Crippen LogP contribution >= 0.6 is 0 Å². The molecule has 0 spiro atoms. The van der Waals surface area contributed by atoms with E-state index in [0.717, 1.165) is 5.69 Å². The Morgan fingerprint density at radius 1 is 1.21 bits per heavy atom. The van der Waals surface area contributed by atoms with Crippen molar-refractivity contribution >= 4 is 6.03 Å². The van der Waals surface area contributed by atoms with E-state index in [1.807, 2.05) is 13.0 Å². The van der Waals surface area contributed by atoms with Gasteiger partial charge in [-0.2, -0.15) is 0 Å². The van der Waals surface area contributed by atoms with Gasteiger partial charge in [0.05, 0.1) is 0 Å². The Hall–Kier alpha value is -2.70. The number of hydrogen-bond acceptors (Lipinski definition) is 2. The minimum Gasteiger partial charge on any atom is -0.334 e. The molecule has 7 heteroatoms. The van der Waals surface area contributed by atoms with Crippen LogP contribution in [-0.4, -0.2) is 28.6 Å². The Balaban J connectivity index is 1.53. The number of benzene rings is 1. The molecular formula is C21H25F2N3O2. The van der Waals surface area contributed by atoms with E-state index in [2.05, 4.69) is 5.32 Å². The Morgan fingerprint density at radius 3 is 2.57 bits per heavy atom. The van der Waals surface area contributed by atoms with Crippen molar-refractivity contribution in [3.63, 3.8) is 0 Å². The summed E-state index contributed by atoms with van der Waals surface area (Å²) in [6, 6.07) is 9.18. The predicted molar refractivity (Wildman–Crippen MR) is 103 cm³/mol. The molecule has 0 bridgehead atoms. The van der Waals surface area contributed by atoms with Crippen LogP contribution in [0.1, 0.15) is 35.8 Å². The minimum atomic E-state index is -1.37. The molecule has 28 heavy (non-hydrogen) atoms. The highest BCUT2D eigenvalue weighted by Gasteiger charge is 2.30. The van der Waals surface area contributed by atoms with Crippen molar-refractivity contribution in [2.75, 3.05) is 13.1 Å². The van der Waals surface area contributed by atoms with Gasteiger partial charge in [0.1, 0.15) is 12.0 Å². The van der Waals surface area contributed by atoms with Gasteiger partial charge in [0, 0.05) is 43.5 Å². The van der Waals surface area contributed by atoms with Crippen LogP contribution in [-0.2, 0) is 13.6 Å². The second-order valence-corrected chi connectivity index (χ2v) is 7.27. The highest BCUT2D eigenvalue weighted by Crippen LogP contribution is 2.34. The topological polar surface area (TPSA) is 54.3 Å². The van der Waals surface area contributed by atoms with Crippen LogP contribution in [0.25, 0.3) is 0 Å². The highest BCUT2D eigenvalue weighted by molar-refractivity contribution is 5.74. The number of likely N-dealkylation sites (tertiary alicyclic amines) is 1. The molecule has 2 aromatic rings. The first-order chi connectivity index (χ1) is 13.4. The number of carbonyl (C=O) groups is 1. The third-order valence-electron chi connectivity index (χ3n) is 5.51. The Morgan fingerprint density at radius 2 is 1.89 bits per heavy atom. The molecule has 5 nitrogen and oxygen atoms in total. The quantitative estimate of drug-likeness (QED) is 0.871. The molecule has 2 amide bonds. The summed E-state index contributed by atoms with van der Waals surface area (Å²) in [6.07, 6.45) is -0.438. The number of nitrogens with one attached hydrogen (secondary N) is 1. The number of aromatic nitrogens is 1. The molecule has 0 saturated carbocycles. The molecule has 1 saturated heterocycles. The number of nitrogens with zero attached hydrogens (tertiary/aromatic N) is 2. The fraction of sp³-hybridized carbons (Fsp3) is 0.429. The number of piperidine rings is 1. The van der Waals surface area contributed by atoms with Crippen LogP contribution in [0, 0.1) is 18.7 Å². The lowest BCUT2D eigenvalue weighted by Gasteiger charge is -2.33. The van der Waals surface area contributed by atoms with Crippen molar-refractivity contribution in [1.29, 1.82) is 0 Å². The fourth-order valence-corrected chi connectivity index (χ4v) is 3.54. The van der Waals surface area contributed by atoms with Crippen molar-refractivity contribution in [2.45, 2.75) is 32.5 Å². The molecule has 2 heterocycles. The molecule has 1 fully saturated rings. The monoisotopic (exact) mass is 389 g/mol. The number of pyridine rings is 1. The Labute approximate surface area is 163 Å². The van der Waals surface area contributed by atoms with Gasteiger partial charge in [0.2, 0.25) is 0 Å². The third kappa shape index (κ3) is 4.24. The van der Waals surface area contributed by atoms with Gasteiger partial charge in [0.15, 0.2) is 0 Å². The lowest BCUT2D eigenvalue weighted by molar-refractivity contribution is 0.126. The number of hydrogen-bond donors (Lipinski definition) is 1. The molecule has 1 aliphatic heterocycles. The van der Waals surface area contributed by atoms with Crippen molar-refractivity contribution in [2.24, 2.45) is 13.0 Å². The van der Waals surface area contributed by atoms with Crippen LogP contribution in [0.2, 0.25) is 0 Å². The predicted octanol–water partition coefficient (Wildman–Crippen LogP) is 3.47. The summed E-state index contributed by atoms with van der Waals surface area (Å²) in [5, 5.41) is 2.76. The maximum Gasteiger partial charge on any atom is 0.317 e. The maximum absolute atomic E-state index is 14.7. The first kappa shape index (κ1) is 20.0. The van der Waals surface area contributed by atoms with Crippen LogP contribution in [0.5, 0.6) is 0 Å². The molecule has 1 aliphatic rings. The zero-order valence-corrected chi connectivity index (χ0v) is 16.1. The van der Waals surface area contributed by atoms with Crippen molar-refractivity contribution < 1.29 is 13.6 Å². The lowest BCUT2D eigenvalue weighted by Crippen LogP contribution is -2.45. The molecular weight excluding hydrogens is 364 g/mol. The van der Waals surface area contributed by atoms with E-state index in [1.165, 1.54) is 16.7 Å². The zero-order chi connectivity index (χ0) is 20.3. The number of alkyl halides is 1. The average Bonchev–Trinajstić information content (AvgIpc) is 2.71. The summed E-state index contributed by atoms with van der Waals surface area (Å²) < 4.78 is 30.0. The van der Waals surface area contributed by atoms with E-state index < -0.39 is 12.0 Å². The number of halogens is 2. The number of amides is 2. The second-order valence-electron chi connectivity index (χ2n) is 7.27. The van der Waals surface area contributed by atoms with Gasteiger partial charge in [-0.15, -0.1) is 0 Å². The second kappa shape index (κ2) is 8.54. The molecule has 1 aromatic carbocycles. The van der Waals surface area contributed by atoms with Crippen molar-refractivity contribution in [3.05, 3.63) is 69.4 Å². The summed E-state index contributed by atoms with van der Waals surface area (Å²) in [5.74, 6) is -0.847. The SMILES string of the molecule is Cc1ccc(CNC(=O)N2CCC(C(F)c3ccccc3F)CC2)c(=O)n1C. The Kier molecular flexibility index (Phi) is 6.11. The number of urea groups is 1. The molecule has 1 aromatic heterocycles. The maximum atomic E-state index is 14.7. The molecule has 150 valence electrons. The van der Waals surface area contributed by atoms with E-state index in [0.29, 0.717) is 31.5 Å². The smallest absolute Gasteiger partial charge is 0.317 e. The summed E-state index contributed by atoms with van der Waals surface area (Å²) >= 11 is 0. The normalized spacial score (nSPS) is 16.1. The molecule has 1 N–H and O–H groups in total. The van der Waals surface area contributed by atoms with E-state index in [9.17, 15) is 18.4 Å². The van der Waals surface area contributed by atoms with E-state index in [1.54, 1.807) is 30.1 Å². The standard InChI is InChI=1S/C21H25F2N3O2/c1-14-7-8-16(20(27)25(14)2)13-24-21(28)26-11-9-15(10-12-26)19(23)17-5-3-4-6-18(17)22/h3-8,15,19H,9-13H2,1-2H3,(H,24,28). The van der Waals surface area contributed by atoms with Gasteiger partial charge < -0.3 is 14.8 Å². The zero-order valence-electron chi connectivity index (χ0n) is 16.1. The van der Waals surface area contributed by atoms with Gasteiger partial charge in [-0.1, -0.05) is 24.3 Å². The van der Waals surface area contributed by atoms with Gasteiger partial charge in [0.25, 0.3) is 5.56 Å². The van der Waals surface area contributed by atoms with E-state index in [4.69, 9.17) is 0 Å². The van der Waals surface area contributed by atoms with Crippen LogP contribution < -0.4 is 10.9 Å². The fourth-order valence-electron chi connectivity index (χ4n) is 3.54. The first-order valence-corrected chi connectivity index (χ1v) is 9.45. The number of carbonyl (C=O) groups excluding carboxylic acids is 1.